The fourth-order valence-electron chi connectivity index (χ4n) is 1.93. The number of benzene rings is 1. The number of rotatable bonds is 10. The van der Waals surface area contributed by atoms with Crippen LogP contribution in [0.25, 0.3) is 0 Å². The highest BCUT2D eigenvalue weighted by molar-refractivity contribution is 7.92. The molecule has 0 radical (unpaired) electrons. The summed E-state index contributed by atoms with van der Waals surface area (Å²) in [4.78, 5) is 11.5. The van der Waals surface area contributed by atoms with Gasteiger partial charge in [-0.2, -0.15) is 0 Å². The molecule has 0 saturated heterocycles. The molecule has 0 aliphatic rings. The molecule has 0 atom stereocenters. The molecule has 2 N–H and O–H groups in total. The van der Waals surface area contributed by atoms with Gasteiger partial charge in [-0.25, -0.2) is 8.42 Å². The quantitative estimate of drug-likeness (QED) is 0.626. The lowest BCUT2D eigenvalue weighted by Crippen LogP contribution is -2.36. The fraction of sp³-hybridized carbons (Fsp3) is 0.533. The van der Waals surface area contributed by atoms with Gasteiger partial charge in [0.15, 0.2) is 9.84 Å². The highest BCUT2D eigenvalue weighted by Crippen LogP contribution is 2.04. The van der Waals surface area contributed by atoms with Crippen molar-refractivity contribution in [2.24, 2.45) is 0 Å². The van der Waals surface area contributed by atoms with Crippen molar-refractivity contribution in [3.05, 3.63) is 35.9 Å². The minimum atomic E-state index is -3.33. The van der Waals surface area contributed by atoms with Gasteiger partial charge in [0.1, 0.15) is 5.75 Å². The zero-order valence-electron chi connectivity index (χ0n) is 12.5. The van der Waals surface area contributed by atoms with E-state index in [0.717, 1.165) is 12.1 Å². The fourth-order valence-corrected chi connectivity index (χ4v) is 3.16. The molecule has 0 bridgehead atoms. The second kappa shape index (κ2) is 9.52. The van der Waals surface area contributed by atoms with Gasteiger partial charge in [0.25, 0.3) is 0 Å². The van der Waals surface area contributed by atoms with Crippen LogP contribution in [0, 0.1) is 0 Å². The molecule has 0 fully saturated rings. The van der Waals surface area contributed by atoms with Crippen molar-refractivity contribution in [2.45, 2.75) is 19.8 Å². The third kappa shape index (κ3) is 8.47. The number of carbonyl (C=O) groups is 1. The highest BCUT2D eigenvalue weighted by atomic mass is 32.2. The summed E-state index contributed by atoms with van der Waals surface area (Å²) in [6.07, 6.45) is 1.25. The van der Waals surface area contributed by atoms with Crippen molar-refractivity contribution in [3.8, 4) is 0 Å². The largest absolute Gasteiger partial charge is 0.354 e. The van der Waals surface area contributed by atoms with Crippen LogP contribution in [0.3, 0.4) is 0 Å². The van der Waals surface area contributed by atoms with E-state index in [1.165, 1.54) is 0 Å². The lowest BCUT2D eigenvalue weighted by atomic mass is 10.1. The van der Waals surface area contributed by atoms with Crippen molar-refractivity contribution in [2.75, 3.05) is 31.1 Å². The zero-order chi connectivity index (χ0) is 15.6. The van der Waals surface area contributed by atoms with Gasteiger partial charge in [-0.3, -0.25) is 4.79 Å². The second-order valence-corrected chi connectivity index (χ2v) is 7.07. The number of hydrogen-bond donors (Lipinski definition) is 2. The molecular formula is C15H24N2O3S. The Bertz CT molecular complexity index is 515. The summed E-state index contributed by atoms with van der Waals surface area (Å²) in [7, 11) is -3.33. The molecule has 1 aromatic carbocycles. The molecule has 0 unspecified atom stereocenters. The number of hydrogen-bond acceptors (Lipinski definition) is 4. The summed E-state index contributed by atoms with van der Waals surface area (Å²) < 4.78 is 23.7. The average molecular weight is 312 g/mol. The van der Waals surface area contributed by atoms with Gasteiger partial charge in [-0.1, -0.05) is 37.3 Å². The summed E-state index contributed by atoms with van der Waals surface area (Å²) >= 11 is 0. The molecule has 118 valence electrons. The number of nitrogens with one attached hydrogen (secondary N) is 2. The third-order valence-electron chi connectivity index (χ3n) is 2.99. The number of amides is 1. The van der Waals surface area contributed by atoms with E-state index in [0.29, 0.717) is 25.9 Å². The number of sulfone groups is 1. The molecule has 0 spiro atoms. The van der Waals surface area contributed by atoms with Crippen LogP contribution in [0.15, 0.2) is 30.3 Å². The highest BCUT2D eigenvalue weighted by Gasteiger charge is 2.15. The molecule has 6 heteroatoms. The summed E-state index contributed by atoms with van der Waals surface area (Å²) in [6.45, 7) is 3.90. The predicted octanol–water partition coefficient (Wildman–Crippen LogP) is 0.760. The third-order valence-corrected chi connectivity index (χ3v) is 4.60. The van der Waals surface area contributed by atoms with Crippen molar-refractivity contribution in [1.29, 1.82) is 0 Å². The summed E-state index contributed by atoms with van der Waals surface area (Å²) in [5, 5.41) is 5.66. The Balaban J connectivity index is 2.25. The minimum Gasteiger partial charge on any atom is -0.354 e. The maximum absolute atomic E-state index is 11.8. The number of aryl methyl sites for hydroxylation is 1. The van der Waals surface area contributed by atoms with Gasteiger partial charge >= 0.3 is 0 Å². The van der Waals surface area contributed by atoms with Crippen LogP contribution < -0.4 is 10.6 Å². The molecule has 0 aliphatic carbocycles. The summed E-state index contributed by atoms with van der Waals surface area (Å²) in [5.74, 6) is -0.802. The van der Waals surface area contributed by atoms with E-state index in [9.17, 15) is 13.2 Å². The van der Waals surface area contributed by atoms with E-state index in [-0.39, 0.29) is 5.75 Å². The van der Waals surface area contributed by atoms with Crippen molar-refractivity contribution >= 4 is 15.7 Å². The van der Waals surface area contributed by atoms with E-state index in [1.54, 1.807) is 0 Å². The average Bonchev–Trinajstić information content (AvgIpc) is 2.44. The predicted molar refractivity (Wildman–Crippen MR) is 85.0 cm³/mol. The van der Waals surface area contributed by atoms with Crippen LogP contribution in [0.2, 0.25) is 0 Å². The molecule has 1 rings (SSSR count). The lowest BCUT2D eigenvalue weighted by Gasteiger charge is -2.07. The Morgan fingerprint density at radius 1 is 1.14 bits per heavy atom. The van der Waals surface area contributed by atoms with E-state index in [4.69, 9.17) is 0 Å². The molecule has 0 heterocycles. The molecule has 1 amide bonds. The maximum atomic E-state index is 11.8. The molecule has 1 aromatic rings. The first kappa shape index (κ1) is 17.7. The van der Waals surface area contributed by atoms with Gasteiger partial charge < -0.3 is 10.6 Å². The lowest BCUT2D eigenvalue weighted by molar-refractivity contribution is -0.118. The Kier molecular flexibility index (Phi) is 8.00. The van der Waals surface area contributed by atoms with E-state index >= 15 is 0 Å². The van der Waals surface area contributed by atoms with Crippen LogP contribution in [-0.4, -0.2) is 45.5 Å². The maximum Gasteiger partial charge on any atom is 0.235 e. The van der Waals surface area contributed by atoms with E-state index in [1.807, 2.05) is 37.3 Å². The van der Waals surface area contributed by atoms with Gasteiger partial charge in [-0.05, 0) is 24.9 Å². The SMILES string of the molecule is CCNCCNC(=O)CS(=O)(=O)CCCc1ccccc1. The Labute approximate surface area is 127 Å². The second-order valence-electron chi connectivity index (χ2n) is 4.88. The minimum absolute atomic E-state index is 0.0442. The summed E-state index contributed by atoms with van der Waals surface area (Å²) in [6, 6.07) is 9.74. The Morgan fingerprint density at radius 2 is 1.86 bits per heavy atom. The first-order valence-electron chi connectivity index (χ1n) is 7.25. The van der Waals surface area contributed by atoms with Crippen LogP contribution in [0.5, 0.6) is 0 Å². The first-order chi connectivity index (χ1) is 10.0. The van der Waals surface area contributed by atoms with Gasteiger partial charge in [0.05, 0.1) is 5.75 Å². The molecular weight excluding hydrogens is 288 g/mol. The molecule has 5 nitrogen and oxygen atoms in total. The van der Waals surface area contributed by atoms with Crippen LogP contribution in [0.4, 0.5) is 0 Å². The Hall–Kier alpha value is -1.40. The normalized spacial score (nSPS) is 11.3. The first-order valence-corrected chi connectivity index (χ1v) is 9.07. The smallest absolute Gasteiger partial charge is 0.235 e. The van der Waals surface area contributed by atoms with E-state index < -0.39 is 21.5 Å². The van der Waals surface area contributed by atoms with Gasteiger partial charge in [-0.15, -0.1) is 0 Å². The van der Waals surface area contributed by atoms with E-state index in [2.05, 4.69) is 10.6 Å². The van der Waals surface area contributed by atoms with Gasteiger partial charge in [0.2, 0.25) is 5.91 Å². The van der Waals surface area contributed by atoms with Crippen molar-refractivity contribution in [1.82, 2.24) is 10.6 Å². The Morgan fingerprint density at radius 3 is 2.52 bits per heavy atom. The monoisotopic (exact) mass is 312 g/mol. The zero-order valence-corrected chi connectivity index (χ0v) is 13.3. The standard InChI is InChI=1S/C15H24N2O3S/c1-2-16-10-11-17-15(18)13-21(19,20)12-6-9-14-7-4-3-5-8-14/h3-5,7-8,16H,2,6,9-13H2,1H3,(H,17,18). The van der Waals surface area contributed by atoms with Crippen LogP contribution >= 0.6 is 0 Å². The summed E-state index contributed by atoms with van der Waals surface area (Å²) in [5.41, 5.74) is 1.11. The molecule has 0 aromatic heterocycles. The van der Waals surface area contributed by atoms with Crippen molar-refractivity contribution < 1.29 is 13.2 Å². The van der Waals surface area contributed by atoms with Gasteiger partial charge in [0, 0.05) is 13.1 Å². The molecule has 0 saturated carbocycles. The van der Waals surface area contributed by atoms with Crippen LogP contribution in [0.1, 0.15) is 18.9 Å². The topological polar surface area (TPSA) is 75.3 Å². The van der Waals surface area contributed by atoms with Crippen LogP contribution in [-0.2, 0) is 21.1 Å². The molecule has 0 aliphatic heterocycles. The van der Waals surface area contributed by atoms with Crippen molar-refractivity contribution in [3.63, 3.8) is 0 Å². The molecule has 21 heavy (non-hydrogen) atoms. The number of likely N-dealkylation sites (N-methyl/N-ethyl adjacent to an activating group) is 1. The number of carbonyl (C=O) groups excluding carboxylic acids is 1.